The fourth-order valence-electron chi connectivity index (χ4n) is 2.97. The standard InChI is InChI=1S/C20H24FN3O4S/c1-3-15-13-24(18(12-22-15)20(25)27-4-2)29(26)19-10-9-17(11-23-19)28-16-7-5-14(21)6-8-16/h5-11,15,18,22H,3-4,12-13H2,1-2H3/t15-,18+,29?/m1/s1. The first kappa shape index (κ1) is 21.4. The van der Waals surface area contributed by atoms with Gasteiger partial charge in [-0.25, -0.2) is 17.9 Å². The molecule has 0 bridgehead atoms. The molecule has 1 fully saturated rings. The predicted molar refractivity (Wildman–Crippen MR) is 106 cm³/mol. The van der Waals surface area contributed by atoms with Gasteiger partial charge in [-0.15, -0.1) is 0 Å². The molecule has 29 heavy (non-hydrogen) atoms. The fraction of sp³-hybridized carbons (Fsp3) is 0.400. The summed E-state index contributed by atoms with van der Waals surface area (Å²) in [7, 11) is -1.63. The number of carbonyl (C=O) groups is 1. The zero-order valence-electron chi connectivity index (χ0n) is 16.3. The number of nitrogens with zero attached hydrogens (tertiary/aromatic N) is 2. The zero-order valence-corrected chi connectivity index (χ0v) is 17.2. The lowest BCUT2D eigenvalue weighted by atomic mass is 10.1. The third-order valence-corrected chi connectivity index (χ3v) is 5.98. The number of halogens is 1. The molecule has 0 saturated carbocycles. The quantitative estimate of drug-likeness (QED) is 0.693. The molecule has 1 aliphatic heterocycles. The van der Waals surface area contributed by atoms with E-state index in [-0.39, 0.29) is 18.5 Å². The number of ether oxygens (including phenoxy) is 2. The summed E-state index contributed by atoms with van der Waals surface area (Å²) in [4.78, 5) is 16.6. The molecule has 1 aromatic carbocycles. The number of rotatable bonds is 7. The first-order chi connectivity index (χ1) is 14.0. The number of hydrogen-bond donors (Lipinski definition) is 1. The molecule has 1 aromatic heterocycles. The van der Waals surface area contributed by atoms with Gasteiger partial charge in [0.15, 0.2) is 0 Å². The Morgan fingerprint density at radius 2 is 1.97 bits per heavy atom. The van der Waals surface area contributed by atoms with Crippen LogP contribution in [0.3, 0.4) is 0 Å². The third kappa shape index (κ3) is 5.37. The second-order valence-electron chi connectivity index (χ2n) is 6.52. The van der Waals surface area contributed by atoms with Crippen LogP contribution in [0, 0.1) is 5.82 Å². The smallest absolute Gasteiger partial charge is 0.325 e. The normalized spacial score (nSPS) is 20.8. The van der Waals surface area contributed by atoms with Crippen molar-refractivity contribution in [1.82, 2.24) is 14.6 Å². The monoisotopic (exact) mass is 421 g/mol. The zero-order chi connectivity index (χ0) is 20.8. The number of aromatic nitrogens is 1. The maximum absolute atomic E-state index is 13.1. The van der Waals surface area contributed by atoms with Crippen LogP contribution in [0.5, 0.6) is 11.5 Å². The van der Waals surface area contributed by atoms with Crippen LogP contribution in [0.25, 0.3) is 0 Å². The summed E-state index contributed by atoms with van der Waals surface area (Å²) in [6.07, 6.45) is 2.30. The molecule has 7 nitrogen and oxygen atoms in total. The molecule has 0 radical (unpaired) electrons. The van der Waals surface area contributed by atoms with E-state index in [9.17, 15) is 13.4 Å². The van der Waals surface area contributed by atoms with E-state index in [0.717, 1.165) is 6.42 Å². The van der Waals surface area contributed by atoms with E-state index in [1.54, 1.807) is 23.4 Å². The number of piperazine rings is 1. The molecule has 3 atom stereocenters. The average molecular weight is 421 g/mol. The molecule has 3 rings (SSSR count). The van der Waals surface area contributed by atoms with Crippen molar-refractivity contribution in [1.29, 1.82) is 0 Å². The molecule has 9 heteroatoms. The number of nitrogens with one attached hydrogen (secondary N) is 1. The van der Waals surface area contributed by atoms with Gasteiger partial charge in [-0.1, -0.05) is 6.92 Å². The minimum absolute atomic E-state index is 0.130. The molecule has 156 valence electrons. The van der Waals surface area contributed by atoms with Crippen LogP contribution < -0.4 is 10.1 Å². The van der Waals surface area contributed by atoms with Crippen molar-refractivity contribution in [3.05, 3.63) is 48.4 Å². The summed E-state index contributed by atoms with van der Waals surface area (Å²) >= 11 is 0. The van der Waals surface area contributed by atoms with Gasteiger partial charge < -0.3 is 14.8 Å². The number of pyridine rings is 1. The molecule has 1 aliphatic rings. The first-order valence-electron chi connectivity index (χ1n) is 9.49. The topological polar surface area (TPSA) is 80.8 Å². The Bertz CT molecular complexity index is 848. The van der Waals surface area contributed by atoms with Crippen LogP contribution >= 0.6 is 0 Å². The van der Waals surface area contributed by atoms with E-state index in [0.29, 0.717) is 29.6 Å². The predicted octanol–water partition coefficient (Wildman–Crippen LogP) is 2.65. The summed E-state index contributed by atoms with van der Waals surface area (Å²) in [5, 5.41) is 3.61. The van der Waals surface area contributed by atoms with Gasteiger partial charge in [-0.2, -0.15) is 0 Å². The van der Waals surface area contributed by atoms with Gasteiger partial charge in [0.1, 0.15) is 39.4 Å². The number of benzene rings is 1. The fourth-order valence-corrected chi connectivity index (χ4v) is 4.25. The summed E-state index contributed by atoms with van der Waals surface area (Å²) in [5.74, 6) is 0.154. The molecule has 0 aliphatic carbocycles. The van der Waals surface area contributed by atoms with Crippen molar-refractivity contribution in [3.63, 3.8) is 0 Å². The van der Waals surface area contributed by atoms with E-state index in [2.05, 4.69) is 10.3 Å². The Kier molecular flexibility index (Phi) is 7.29. The Morgan fingerprint density at radius 3 is 2.59 bits per heavy atom. The third-order valence-electron chi connectivity index (χ3n) is 4.55. The van der Waals surface area contributed by atoms with E-state index < -0.39 is 23.0 Å². The van der Waals surface area contributed by atoms with Gasteiger partial charge in [-0.3, -0.25) is 4.79 Å². The van der Waals surface area contributed by atoms with Crippen LogP contribution in [0.1, 0.15) is 20.3 Å². The van der Waals surface area contributed by atoms with Crippen LogP contribution in [-0.2, 0) is 20.5 Å². The molecule has 1 N–H and O–H groups in total. The Morgan fingerprint density at radius 1 is 1.24 bits per heavy atom. The highest BCUT2D eigenvalue weighted by Crippen LogP contribution is 2.23. The lowest BCUT2D eigenvalue weighted by Crippen LogP contribution is -2.59. The Labute approximate surface area is 171 Å². The minimum Gasteiger partial charge on any atom is -0.465 e. The van der Waals surface area contributed by atoms with Crippen LogP contribution in [0.15, 0.2) is 47.6 Å². The van der Waals surface area contributed by atoms with Crippen LogP contribution in [0.2, 0.25) is 0 Å². The van der Waals surface area contributed by atoms with Crippen molar-refractivity contribution in [2.75, 3.05) is 19.7 Å². The van der Waals surface area contributed by atoms with Gasteiger partial charge in [0.25, 0.3) is 0 Å². The highest BCUT2D eigenvalue weighted by atomic mass is 32.2. The van der Waals surface area contributed by atoms with Gasteiger partial charge in [0, 0.05) is 19.1 Å². The van der Waals surface area contributed by atoms with Crippen LogP contribution in [0.4, 0.5) is 4.39 Å². The molecule has 2 heterocycles. The average Bonchev–Trinajstić information content (AvgIpc) is 2.75. The van der Waals surface area contributed by atoms with Crippen LogP contribution in [-0.4, -0.2) is 51.2 Å². The Hall–Kier alpha value is -2.36. The second-order valence-corrected chi connectivity index (χ2v) is 7.90. The highest BCUT2D eigenvalue weighted by molar-refractivity contribution is 7.82. The molecular formula is C20H24FN3O4S. The summed E-state index contributed by atoms with van der Waals surface area (Å²) in [6.45, 7) is 4.85. The van der Waals surface area contributed by atoms with E-state index >= 15 is 0 Å². The second kappa shape index (κ2) is 9.91. The largest absolute Gasteiger partial charge is 0.465 e. The molecule has 0 spiro atoms. The number of hydrogen-bond acceptors (Lipinski definition) is 6. The molecule has 2 aromatic rings. The summed E-state index contributed by atoms with van der Waals surface area (Å²) < 4.78 is 38.5. The van der Waals surface area contributed by atoms with Crippen molar-refractivity contribution in [3.8, 4) is 11.5 Å². The minimum atomic E-state index is -1.63. The lowest BCUT2D eigenvalue weighted by molar-refractivity contribution is -0.148. The van der Waals surface area contributed by atoms with Gasteiger partial charge >= 0.3 is 5.97 Å². The lowest BCUT2D eigenvalue weighted by Gasteiger charge is -2.37. The van der Waals surface area contributed by atoms with Gasteiger partial charge in [0.2, 0.25) is 0 Å². The van der Waals surface area contributed by atoms with Crippen molar-refractivity contribution in [2.45, 2.75) is 37.4 Å². The highest BCUT2D eigenvalue weighted by Gasteiger charge is 2.37. The maximum atomic E-state index is 13.1. The van der Waals surface area contributed by atoms with E-state index in [4.69, 9.17) is 9.47 Å². The molecule has 1 unspecified atom stereocenters. The molecular weight excluding hydrogens is 397 g/mol. The van der Waals surface area contributed by atoms with Gasteiger partial charge in [-0.05, 0) is 49.7 Å². The Balaban J connectivity index is 1.74. The maximum Gasteiger partial charge on any atom is 0.325 e. The van der Waals surface area contributed by atoms with E-state index in [1.807, 2.05) is 6.92 Å². The van der Waals surface area contributed by atoms with Crippen molar-refractivity contribution >= 4 is 17.0 Å². The first-order valence-corrected chi connectivity index (χ1v) is 10.6. The molecule has 0 amide bonds. The SMILES string of the molecule is CCOC(=O)[C@@H]1CN[C@H](CC)CN1S(=O)c1ccc(Oc2ccc(F)cc2)cn1. The van der Waals surface area contributed by atoms with Gasteiger partial charge in [0.05, 0.1) is 12.8 Å². The summed E-state index contributed by atoms with van der Waals surface area (Å²) in [6, 6.07) is 8.35. The van der Waals surface area contributed by atoms with E-state index in [1.165, 1.54) is 30.5 Å². The number of carbonyl (C=O) groups excluding carboxylic acids is 1. The summed E-state index contributed by atoms with van der Waals surface area (Å²) in [5.41, 5.74) is 0. The van der Waals surface area contributed by atoms with Crippen molar-refractivity contribution < 1.29 is 22.9 Å². The number of esters is 1. The van der Waals surface area contributed by atoms with Crippen molar-refractivity contribution in [2.24, 2.45) is 0 Å². The molecule has 1 saturated heterocycles.